The lowest BCUT2D eigenvalue weighted by atomic mass is 9.97. The summed E-state index contributed by atoms with van der Waals surface area (Å²) in [6, 6.07) is 7.16. The van der Waals surface area contributed by atoms with E-state index in [-0.39, 0.29) is 6.54 Å². The highest BCUT2D eigenvalue weighted by Crippen LogP contribution is 2.40. The van der Waals surface area contributed by atoms with E-state index in [2.05, 4.69) is 20.3 Å². The first kappa shape index (κ1) is 17.2. The van der Waals surface area contributed by atoms with Gasteiger partial charge in [0.15, 0.2) is 0 Å². The Kier molecular flexibility index (Phi) is 4.34. The predicted molar refractivity (Wildman–Crippen MR) is 85.8 cm³/mol. The molecule has 1 atom stereocenters. The molecule has 0 aliphatic heterocycles. The third-order valence-electron chi connectivity index (χ3n) is 3.90. The van der Waals surface area contributed by atoms with Crippen LogP contribution < -0.4 is 5.32 Å². The van der Waals surface area contributed by atoms with Gasteiger partial charge in [0.2, 0.25) is 5.60 Å². The maximum atomic E-state index is 13.4. The topological polar surface area (TPSA) is 75.9 Å². The minimum Gasteiger partial charge on any atom is -0.374 e. The van der Waals surface area contributed by atoms with Gasteiger partial charge >= 0.3 is 6.18 Å². The fourth-order valence-corrected chi connectivity index (χ4v) is 2.56. The number of para-hydroxylation sites is 2. The number of alkyl halides is 3. The molecule has 25 heavy (non-hydrogen) atoms. The van der Waals surface area contributed by atoms with Crippen molar-refractivity contribution in [3.05, 3.63) is 48.7 Å². The Balaban J connectivity index is 1.76. The van der Waals surface area contributed by atoms with Crippen molar-refractivity contribution in [3.63, 3.8) is 0 Å². The highest BCUT2D eigenvalue weighted by molar-refractivity contribution is 5.75. The van der Waals surface area contributed by atoms with Crippen molar-refractivity contribution < 1.29 is 18.3 Å². The van der Waals surface area contributed by atoms with E-state index in [1.165, 1.54) is 25.6 Å². The van der Waals surface area contributed by atoms with E-state index in [0.29, 0.717) is 16.9 Å². The molecule has 132 valence electrons. The molecule has 0 aliphatic carbocycles. The number of benzene rings is 1. The zero-order chi connectivity index (χ0) is 18.1. The van der Waals surface area contributed by atoms with Crippen molar-refractivity contribution in [2.45, 2.75) is 18.2 Å². The average molecular weight is 351 g/mol. The molecule has 0 saturated carbocycles. The van der Waals surface area contributed by atoms with Gasteiger partial charge < -0.3 is 15.0 Å². The quantitative estimate of drug-likeness (QED) is 0.739. The molecule has 3 aromatic rings. The highest BCUT2D eigenvalue weighted by atomic mass is 19.4. The number of hydrogen-bond donors (Lipinski definition) is 2. The van der Waals surface area contributed by atoms with Gasteiger partial charge in [0.05, 0.1) is 17.2 Å². The largest absolute Gasteiger partial charge is 0.424 e. The molecule has 9 heteroatoms. The molecule has 0 aliphatic rings. The maximum absolute atomic E-state index is 13.4. The molecule has 0 bridgehead atoms. The van der Waals surface area contributed by atoms with Crippen LogP contribution >= 0.6 is 0 Å². The van der Waals surface area contributed by atoms with E-state index in [0.717, 1.165) is 4.57 Å². The number of nitrogens with zero attached hydrogens (tertiary/aromatic N) is 4. The monoisotopic (exact) mass is 351 g/mol. The van der Waals surface area contributed by atoms with Gasteiger partial charge in [-0.05, 0) is 12.1 Å². The Bertz CT molecular complexity index is 879. The third kappa shape index (κ3) is 3.27. The first-order valence-corrected chi connectivity index (χ1v) is 7.54. The van der Waals surface area contributed by atoms with Crippen LogP contribution in [0.15, 0.2) is 42.9 Å². The fraction of sp³-hybridized carbons (Fsp3) is 0.312. The molecular weight excluding hydrogens is 335 g/mol. The number of fused-ring (bicyclic) bond motifs is 1. The molecule has 0 radical (unpaired) electrons. The molecule has 0 unspecified atom stereocenters. The second-order valence-electron chi connectivity index (χ2n) is 5.64. The van der Waals surface area contributed by atoms with Crippen LogP contribution in [0, 0.1) is 0 Å². The van der Waals surface area contributed by atoms with Crippen LogP contribution in [0.4, 0.5) is 19.0 Å². The van der Waals surface area contributed by atoms with E-state index in [1.807, 2.05) is 6.07 Å². The summed E-state index contributed by atoms with van der Waals surface area (Å²) in [7, 11) is 1.40. The zero-order valence-electron chi connectivity index (χ0n) is 13.3. The van der Waals surface area contributed by atoms with Crippen molar-refractivity contribution in [2.75, 3.05) is 11.9 Å². The Hall–Kier alpha value is -2.68. The van der Waals surface area contributed by atoms with Gasteiger partial charge in [-0.15, -0.1) is 0 Å². The van der Waals surface area contributed by atoms with Crippen LogP contribution in [0.2, 0.25) is 0 Å². The third-order valence-corrected chi connectivity index (χ3v) is 3.90. The van der Waals surface area contributed by atoms with E-state index < -0.39 is 24.0 Å². The van der Waals surface area contributed by atoms with Crippen LogP contribution in [-0.2, 0) is 12.6 Å². The summed E-state index contributed by atoms with van der Waals surface area (Å²) in [5.74, 6) is -0.116. The average Bonchev–Trinajstić information content (AvgIpc) is 3.00. The number of nitrogens with one attached hydrogen (secondary N) is 1. The minimum absolute atomic E-state index is 0.157. The van der Waals surface area contributed by atoms with Crippen LogP contribution in [0.1, 0.15) is 12.2 Å². The summed E-state index contributed by atoms with van der Waals surface area (Å²) < 4.78 is 41.4. The van der Waals surface area contributed by atoms with Crippen molar-refractivity contribution >= 4 is 16.9 Å². The molecular formula is C16H16F3N5O. The summed E-state index contributed by atoms with van der Waals surface area (Å²) >= 11 is 0. The predicted octanol–water partition coefficient (Wildman–Crippen LogP) is 2.62. The summed E-state index contributed by atoms with van der Waals surface area (Å²) in [4.78, 5) is 12.1. The lowest BCUT2D eigenvalue weighted by Gasteiger charge is -2.30. The van der Waals surface area contributed by atoms with Gasteiger partial charge in [-0.25, -0.2) is 9.97 Å². The van der Waals surface area contributed by atoms with Crippen molar-refractivity contribution in [2.24, 2.45) is 7.05 Å². The summed E-state index contributed by atoms with van der Waals surface area (Å²) in [5, 5.41) is 13.0. The number of aromatic nitrogens is 4. The first-order valence-electron chi connectivity index (χ1n) is 7.54. The SMILES string of the molecule is Cn1ccnc1[C@@](O)(CCNc1cnc2ccccc2n1)C(F)(F)F. The molecule has 0 fully saturated rings. The van der Waals surface area contributed by atoms with Gasteiger partial charge in [0.25, 0.3) is 0 Å². The molecule has 2 aromatic heterocycles. The van der Waals surface area contributed by atoms with Crippen LogP contribution in [0.3, 0.4) is 0 Å². The molecule has 2 N–H and O–H groups in total. The molecule has 0 saturated heterocycles. The number of rotatable bonds is 5. The van der Waals surface area contributed by atoms with Crippen molar-refractivity contribution in [1.29, 1.82) is 0 Å². The summed E-state index contributed by atoms with van der Waals surface area (Å²) in [5.41, 5.74) is -1.74. The molecule has 0 amide bonds. The van der Waals surface area contributed by atoms with Gasteiger partial charge in [0.1, 0.15) is 11.6 Å². The summed E-state index contributed by atoms with van der Waals surface area (Å²) in [6.45, 7) is -0.157. The number of halogens is 3. The van der Waals surface area contributed by atoms with E-state index in [1.54, 1.807) is 18.2 Å². The minimum atomic E-state index is -4.86. The number of hydrogen-bond acceptors (Lipinski definition) is 5. The Morgan fingerprint density at radius 1 is 1.16 bits per heavy atom. The van der Waals surface area contributed by atoms with Crippen molar-refractivity contribution in [1.82, 2.24) is 19.5 Å². The van der Waals surface area contributed by atoms with Crippen molar-refractivity contribution in [3.8, 4) is 0 Å². The van der Waals surface area contributed by atoms with Gasteiger partial charge in [-0.1, -0.05) is 12.1 Å². The molecule has 6 nitrogen and oxygen atoms in total. The van der Waals surface area contributed by atoms with E-state index >= 15 is 0 Å². The van der Waals surface area contributed by atoms with Gasteiger partial charge in [-0.3, -0.25) is 4.98 Å². The standard InChI is InChI=1S/C16H16F3N5O/c1-24-9-8-21-14(24)15(25,16(17,18)19)6-7-20-13-10-22-11-4-2-3-5-12(11)23-13/h2-5,8-10,25H,6-7H2,1H3,(H,20,23)/t15-/m0/s1. The number of anilines is 1. The molecule has 0 spiro atoms. The van der Waals surface area contributed by atoms with E-state index in [4.69, 9.17) is 0 Å². The smallest absolute Gasteiger partial charge is 0.374 e. The second kappa shape index (κ2) is 6.32. The maximum Gasteiger partial charge on any atom is 0.424 e. The molecule has 2 heterocycles. The van der Waals surface area contributed by atoms with Gasteiger partial charge in [-0.2, -0.15) is 13.2 Å². The van der Waals surface area contributed by atoms with Crippen LogP contribution in [0.5, 0.6) is 0 Å². The zero-order valence-corrected chi connectivity index (χ0v) is 13.3. The highest BCUT2D eigenvalue weighted by Gasteiger charge is 2.57. The fourth-order valence-electron chi connectivity index (χ4n) is 2.56. The number of aliphatic hydroxyl groups is 1. The lowest BCUT2D eigenvalue weighted by molar-refractivity contribution is -0.271. The number of aryl methyl sites for hydroxylation is 1. The molecule has 3 rings (SSSR count). The Labute approximate surface area is 141 Å². The Morgan fingerprint density at radius 2 is 1.88 bits per heavy atom. The van der Waals surface area contributed by atoms with E-state index in [9.17, 15) is 18.3 Å². The van der Waals surface area contributed by atoms with Gasteiger partial charge in [0, 0.05) is 32.4 Å². The number of imidazole rings is 1. The first-order chi connectivity index (χ1) is 11.8. The normalized spacial score (nSPS) is 14.4. The molecule has 1 aromatic carbocycles. The second-order valence-corrected chi connectivity index (χ2v) is 5.64. The Morgan fingerprint density at radius 3 is 2.52 bits per heavy atom. The van der Waals surface area contributed by atoms with Crippen LogP contribution in [-0.4, -0.2) is 37.3 Å². The lowest BCUT2D eigenvalue weighted by Crippen LogP contribution is -2.45. The summed E-state index contributed by atoms with van der Waals surface area (Å²) in [6.07, 6.45) is -1.46. The van der Waals surface area contributed by atoms with Crippen LogP contribution in [0.25, 0.3) is 11.0 Å².